The number of ether oxygens (including phenoxy) is 1. The van der Waals surface area contributed by atoms with Gasteiger partial charge in [-0.3, -0.25) is 4.79 Å². The van der Waals surface area contributed by atoms with Crippen molar-refractivity contribution in [3.05, 3.63) is 0 Å². The van der Waals surface area contributed by atoms with Crippen LogP contribution in [0.5, 0.6) is 0 Å². The molecule has 0 aromatic carbocycles. The molecule has 3 heteroatoms. The standard InChI is InChI=1S/C14H24O3/c1-17-14(16)13-10-8-6-4-2-3-5-7-9-12(13)11-15/h11-13H,2-10H2,1H3. The Morgan fingerprint density at radius 3 is 2.06 bits per heavy atom. The Bertz CT molecular complexity index is 238. The zero-order chi connectivity index (χ0) is 12.5. The van der Waals surface area contributed by atoms with Gasteiger partial charge in [0.15, 0.2) is 0 Å². The summed E-state index contributed by atoms with van der Waals surface area (Å²) in [6, 6.07) is 0. The number of hydrogen-bond donors (Lipinski definition) is 0. The van der Waals surface area contributed by atoms with Gasteiger partial charge in [-0.2, -0.15) is 0 Å². The number of methoxy groups -OCH3 is 1. The Morgan fingerprint density at radius 2 is 1.53 bits per heavy atom. The van der Waals surface area contributed by atoms with E-state index < -0.39 is 0 Å². The molecule has 2 atom stereocenters. The van der Waals surface area contributed by atoms with Crippen LogP contribution in [0.3, 0.4) is 0 Å². The van der Waals surface area contributed by atoms with Crippen molar-refractivity contribution in [2.45, 2.75) is 57.8 Å². The van der Waals surface area contributed by atoms with E-state index in [9.17, 15) is 9.59 Å². The predicted molar refractivity (Wildman–Crippen MR) is 66.6 cm³/mol. The van der Waals surface area contributed by atoms with Gasteiger partial charge in [0.2, 0.25) is 0 Å². The average molecular weight is 240 g/mol. The zero-order valence-electron chi connectivity index (χ0n) is 10.8. The molecule has 0 aromatic rings. The molecule has 0 heterocycles. The van der Waals surface area contributed by atoms with Gasteiger partial charge in [0.1, 0.15) is 6.29 Å². The van der Waals surface area contributed by atoms with Gasteiger partial charge >= 0.3 is 5.97 Å². The lowest BCUT2D eigenvalue weighted by Gasteiger charge is -2.20. The molecule has 0 spiro atoms. The summed E-state index contributed by atoms with van der Waals surface area (Å²) in [4.78, 5) is 22.8. The van der Waals surface area contributed by atoms with Crippen LogP contribution in [0.4, 0.5) is 0 Å². The maximum atomic E-state index is 11.7. The Morgan fingerprint density at radius 1 is 1.00 bits per heavy atom. The first-order valence-corrected chi connectivity index (χ1v) is 6.82. The van der Waals surface area contributed by atoms with Gasteiger partial charge < -0.3 is 9.53 Å². The van der Waals surface area contributed by atoms with Crippen molar-refractivity contribution in [1.82, 2.24) is 0 Å². The number of rotatable bonds is 2. The van der Waals surface area contributed by atoms with E-state index in [1.54, 1.807) is 0 Å². The van der Waals surface area contributed by atoms with E-state index in [0.29, 0.717) is 0 Å². The summed E-state index contributed by atoms with van der Waals surface area (Å²) in [7, 11) is 1.41. The smallest absolute Gasteiger partial charge is 0.309 e. The SMILES string of the molecule is COC(=O)C1CCCCCCCCCC1C=O. The minimum Gasteiger partial charge on any atom is -0.469 e. The fourth-order valence-electron chi connectivity index (χ4n) is 2.65. The third-order valence-corrected chi connectivity index (χ3v) is 3.75. The number of esters is 1. The summed E-state index contributed by atoms with van der Waals surface area (Å²) in [5, 5.41) is 0. The fourth-order valence-corrected chi connectivity index (χ4v) is 2.65. The van der Waals surface area contributed by atoms with Crippen molar-refractivity contribution >= 4 is 12.3 Å². The molecule has 2 unspecified atom stereocenters. The Hall–Kier alpha value is -0.860. The van der Waals surface area contributed by atoms with E-state index in [-0.39, 0.29) is 17.8 Å². The quantitative estimate of drug-likeness (QED) is 0.550. The molecule has 17 heavy (non-hydrogen) atoms. The first-order chi connectivity index (χ1) is 8.29. The van der Waals surface area contributed by atoms with Crippen molar-refractivity contribution in [3.63, 3.8) is 0 Å². The summed E-state index contributed by atoms with van der Waals surface area (Å²) in [5.74, 6) is -0.558. The van der Waals surface area contributed by atoms with Gasteiger partial charge in [-0.1, -0.05) is 44.9 Å². The van der Waals surface area contributed by atoms with Gasteiger partial charge in [-0.25, -0.2) is 0 Å². The molecule has 98 valence electrons. The first-order valence-electron chi connectivity index (χ1n) is 6.82. The van der Waals surface area contributed by atoms with Crippen LogP contribution in [0, 0.1) is 11.8 Å². The van der Waals surface area contributed by atoms with Crippen molar-refractivity contribution < 1.29 is 14.3 Å². The molecule has 0 aliphatic heterocycles. The molecular formula is C14H24O3. The van der Waals surface area contributed by atoms with Gasteiger partial charge in [0.25, 0.3) is 0 Å². The van der Waals surface area contributed by atoms with E-state index >= 15 is 0 Å². The van der Waals surface area contributed by atoms with Crippen LogP contribution in [0.25, 0.3) is 0 Å². The summed E-state index contributed by atoms with van der Waals surface area (Å²) in [6.07, 6.45) is 10.8. The second-order valence-electron chi connectivity index (χ2n) is 4.98. The predicted octanol–water partition coefficient (Wildman–Crippen LogP) is 3.12. The molecule has 1 rings (SSSR count). The second kappa shape index (κ2) is 8.26. The number of aldehydes is 1. The molecule has 3 nitrogen and oxygen atoms in total. The molecule has 1 fully saturated rings. The van der Waals surface area contributed by atoms with Crippen LogP contribution in [0.2, 0.25) is 0 Å². The molecule has 0 aromatic heterocycles. The van der Waals surface area contributed by atoms with Crippen LogP contribution < -0.4 is 0 Å². The molecule has 0 saturated heterocycles. The third-order valence-electron chi connectivity index (χ3n) is 3.75. The van der Waals surface area contributed by atoms with Gasteiger partial charge in [-0.15, -0.1) is 0 Å². The highest BCUT2D eigenvalue weighted by Crippen LogP contribution is 2.26. The van der Waals surface area contributed by atoms with Crippen LogP contribution in [0.15, 0.2) is 0 Å². The van der Waals surface area contributed by atoms with Crippen molar-refractivity contribution in [2.75, 3.05) is 7.11 Å². The molecule has 0 amide bonds. The van der Waals surface area contributed by atoms with Gasteiger partial charge in [0, 0.05) is 5.92 Å². The minimum absolute atomic E-state index is 0.138. The Balaban J connectivity index is 2.62. The van der Waals surface area contributed by atoms with Crippen LogP contribution in [-0.4, -0.2) is 19.4 Å². The topological polar surface area (TPSA) is 43.4 Å². The fraction of sp³-hybridized carbons (Fsp3) is 0.857. The maximum absolute atomic E-state index is 11.7. The van der Waals surface area contributed by atoms with Crippen LogP contribution in [-0.2, 0) is 14.3 Å². The highest BCUT2D eigenvalue weighted by molar-refractivity contribution is 5.76. The zero-order valence-corrected chi connectivity index (χ0v) is 10.8. The van der Waals surface area contributed by atoms with Crippen molar-refractivity contribution in [1.29, 1.82) is 0 Å². The summed E-state index contributed by atoms with van der Waals surface area (Å²) in [5.41, 5.74) is 0. The monoisotopic (exact) mass is 240 g/mol. The molecule has 1 aliphatic carbocycles. The van der Waals surface area contributed by atoms with E-state index in [1.807, 2.05) is 0 Å². The molecule has 1 saturated carbocycles. The highest BCUT2D eigenvalue weighted by Gasteiger charge is 2.28. The van der Waals surface area contributed by atoms with Crippen LogP contribution >= 0.6 is 0 Å². The lowest BCUT2D eigenvalue weighted by Crippen LogP contribution is -2.26. The first kappa shape index (κ1) is 14.2. The van der Waals surface area contributed by atoms with Gasteiger partial charge in [-0.05, 0) is 12.8 Å². The lowest BCUT2D eigenvalue weighted by molar-refractivity contribution is -0.149. The van der Waals surface area contributed by atoms with Crippen LogP contribution in [0.1, 0.15) is 57.8 Å². The summed E-state index contributed by atoms with van der Waals surface area (Å²) < 4.78 is 4.82. The highest BCUT2D eigenvalue weighted by atomic mass is 16.5. The Labute approximate surface area is 104 Å². The van der Waals surface area contributed by atoms with E-state index in [4.69, 9.17) is 4.74 Å². The Kier molecular flexibility index (Phi) is 6.90. The van der Waals surface area contributed by atoms with Crippen molar-refractivity contribution in [2.24, 2.45) is 11.8 Å². The van der Waals surface area contributed by atoms with E-state index in [1.165, 1.54) is 39.2 Å². The number of hydrogen-bond acceptors (Lipinski definition) is 3. The molecule has 1 aliphatic rings. The molecule has 0 bridgehead atoms. The molecular weight excluding hydrogens is 216 g/mol. The summed E-state index contributed by atoms with van der Waals surface area (Å²) >= 11 is 0. The van der Waals surface area contributed by atoms with E-state index in [0.717, 1.165) is 32.0 Å². The maximum Gasteiger partial charge on any atom is 0.309 e. The average Bonchev–Trinajstić information content (AvgIpc) is 2.41. The minimum atomic E-state index is -0.212. The number of carbonyl (C=O) groups is 2. The largest absolute Gasteiger partial charge is 0.469 e. The molecule has 0 N–H and O–H groups in total. The summed E-state index contributed by atoms with van der Waals surface area (Å²) in [6.45, 7) is 0. The van der Waals surface area contributed by atoms with Gasteiger partial charge in [0.05, 0.1) is 13.0 Å². The van der Waals surface area contributed by atoms with Crippen molar-refractivity contribution in [3.8, 4) is 0 Å². The molecule has 0 radical (unpaired) electrons. The normalized spacial score (nSPS) is 27.8. The van der Waals surface area contributed by atoms with E-state index in [2.05, 4.69) is 0 Å². The third kappa shape index (κ3) is 4.88. The second-order valence-corrected chi connectivity index (χ2v) is 4.98. The lowest BCUT2D eigenvalue weighted by atomic mass is 9.85. The number of carbonyl (C=O) groups excluding carboxylic acids is 2.